The second-order valence-electron chi connectivity index (χ2n) is 15.8. The minimum Gasteiger partial charge on any atom is -0.355 e. The summed E-state index contributed by atoms with van der Waals surface area (Å²) in [6, 6.07) is 62.5. The van der Waals surface area contributed by atoms with E-state index in [4.69, 9.17) is 4.98 Å². The fraction of sp³-hybridized carbons (Fsp3) is 0.0357. The normalized spacial score (nSPS) is 11.8. The van der Waals surface area contributed by atoms with E-state index in [-0.39, 0.29) is 23.1 Å². The Morgan fingerprint density at radius 2 is 0.924 bits per heavy atom. The quantitative estimate of drug-likeness (QED) is 0.112. The van der Waals surface area contributed by atoms with Crippen molar-refractivity contribution in [3.8, 4) is 56.0 Å². The maximum Gasteiger partial charge on any atom is 0.416 e. The summed E-state index contributed by atoms with van der Waals surface area (Å²) in [6.07, 6.45) is -10.1. The molecule has 0 saturated heterocycles. The van der Waals surface area contributed by atoms with Gasteiger partial charge in [0.25, 0.3) is 0 Å². The van der Waals surface area contributed by atoms with E-state index in [9.17, 15) is 26.3 Å². The number of rotatable bonds is 9. The zero-order valence-corrected chi connectivity index (χ0v) is 34.8. The van der Waals surface area contributed by atoms with Gasteiger partial charge in [-0.3, -0.25) is 0 Å². The van der Waals surface area contributed by atoms with E-state index in [1.165, 1.54) is 0 Å². The first kappa shape index (κ1) is 41.8. The van der Waals surface area contributed by atoms with Crippen LogP contribution in [0.4, 0.5) is 49.1 Å². The highest BCUT2D eigenvalue weighted by molar-refractivity contribution is 6.09. The van der Waals surface area contributed by atoms with E-state index in [1.807, 2.05) is 97.1 Å². The highest BCUT2D eigenvalue weighted by Crippen LogP contribution is 2.42. The van der Waals surface area contributed by atoms with Crippen LogP contribution in [0.3, 0.4) is 0 Å². The molecular weight excluding hydrogens is 843 g/mol. The lowest BCUT2D eigenvalue weighted by atomic mass is 9.94. The highest BCUT2D eigenvalue weighted by Gasteiger charge is 2.37. The molecule has 0 atom stereocenters. The molecule has 10 heteroatoms. The Bertz CT molecular complexity index is 3350. The van der Waals surface area contributed by atoms with Crippen LogP contribution in [0.2, 0.25) is 0 Å². The van der Waals surface area contributed by atoms with Crippen molar-refractivity contribution in [3.05, 3.63) is 217 Å². The van der Waals surface area contributed by atoms with Gasteiger partial charge in [-0.15, -0.1) is 0 Å². The van der Waals surface area contributed by atoms with Crippen molar-refractivity contribution in [2.75, 3.05) is 10.6 Å². The van der Waals surface area contributed by atoms with Gasteiger partial charge < -0.3 is 10.6 Å². The summed E-state index contributed by atoms with van der Waals surface area (Å²) in [6.45, 7) is 0. The van der Waals surface area contributed by atoms with E-state index in [1.54, 1.807) is 30.3 Å². The van der Waals surface area contributed by atoms with E-state index >= 15 is 0 Å². The van der Waals surface area contributed by atoms with Crippen LogP contribution in [0.5, 0.6) is 0 Å². The van der Waals surface area contributed by atoms with Crippen molar-refractivity contribution in [3.63, 3.8) is 0 Å². The number of hydrogen-bond donors (Lipinski definition) is 2. The zero-order chi connectivity index (χ0) is 45.4. The van der Waals surface area contributed by atoms with E-state index in [0.29, 0.717) is 34.0 Å². The molecule has 0 aliphatic heterocycles. The molecule has 10 rings (SSSR count). The average molecular weight is 879 g/mol. The van der Waals surface area contributed by atoms with Gasteiger partial charge in [-0.25, -0.2) is 9.97 Å². The lowest BCUT2D eigenvalue weighted by Gasteiger charge is -2.17. The largest absolute Gasteiger partial charge is 0.416 e. The molecule has 4 nitrogen and oxygen atoms in total. The number of para-hydroxylation sites is 2. The molecule has 1 heterocycles. The fourth-order valence-electron chi connectivity index (χ4n) is 8.24. The summed E-state index contributed by atoms with van der Waals surface area (Å²) < 4.78 is 84.4. The molecule has 0 amide bonds. The maximum atomic E-state index is 14.1. The Balaban J connectivity index is 1.01. The van der Waals surface area contributed by atoms with Gasteiger partial charge in [0.1, 0.15) is 0 Å². The molecular formula is C56H36F6N4. The predicted octanol–water partition coefficient (Wildman–Crippen LogP) is 16.6. The Kier molecular flexibility index (Phi) is 10.8. The number of hydrogen-bond acceptors (Lipinski definition) is 4. The molecule has 0 radical (unpaired) electrons. The summed E-state index contributed by atoms with van der Waals surface area (Å²) in [7, 11) is 0. The molecule has 0 fully saturated rings. The number of halogens is 6. The summed E-state index contributed by atoms with van der Waals surface area (Å²) in [5.41, 5.74) is 7.39. The summed E-state index contributed by atoms with van der Waals surface area (Å²) in [4.78, 5) is 9.56. The van der Waals surface area contributed by atoms with Crippen LogP contribution < -0.4 is 10.6 Å². The van der Waals surface area contributed by atoms with Crippen molar-refractivity contribution in [2.45, 2.75) is 12.4 Å². The number of aromatic nitrogens is 2. The van der Waals surface area contributed by atoms with Crippen LogP contribution in [0.1, 0.15) is 11.1 Å². The van der Waals surface area contributed by atoms with Crippen LogP contribution >= 0.6 is 0 Å². The highest BCUT2D eigenvalue weighted by atomic mass is 19.4. The van der Waals surface area contributed by atoms with Gasteiger partial charge in [-0.05, 0) is 113 Å². The molecule has 0 aliphatic rings. The van der Waals surface area contributed by atoms with Gasteiger partial charge in [0.15, 0.2) is 5.82 Å². The van der Waals surface area contributed by atoms with Crippen molar-refractivity contribution >= 4 is 44.4 Å². The number of benzene rings is 9. The topological polar surface area (TPSA) is 49.8 Å². The molecule has 1 aromatic heterocycles. The third kappa shape index (κ3) is 8.56. The maximum absolute atomic E-state index is 14.1. The molecule has 0 saturated carbocycles. The van der Waals surface area contributed by atoms with Gasteiger partial charge in [0, 0.05) is 55.8 Å². The van der Waals surface area contributed by atoms with Crippen LogP contribution in [-0.4, -0.2) is 9.97 Å². The zero-order valence-electron chi connectivity index (χ0n) is 34.8. The van der Waals surface area contributed by atoms with E-state index in [2.05, 4.69) is 76.3 Å². The number of fused-ring (bicyclic) bond motifs is 3. The molecule has 66 heavy (non-hydrogen) atoms. The molecule has 0 spiro atoms. The van der Waals surface area contributed by atoms with Gasteiger partial charge >= 0.3 is 12.4 Å². The van der Waals surface area contributed by atoms with Crippen molar-refractivity contribution in [1.82, 2.24) is 9.97 Å². The Morgan fingerprint density at radius 3 is 1.65 bits per heavy atom. The van der Waals surface area contributed by atoms with Crippen LogP contribution in [0.25, 0.3) is 77.7 Å². The molecule has 9 aromatic carbocycles. The smallest absolute Gasteiger partial charge is 0.355 e. The third-order valence-electron chi connectivity index (χ3n) is 11.5. The fourth-order valence-corrected chi connectivity index (χ4v) is 8.24. The number of nitrogens with zero attached hydrogens (tertiary/aromatic N) is 2. The summed E-state index contributed by atoms with van der Waals surface area (Å²) >= 11 is 0. The SMILES string of the molecule is FC(F)(F)c1cc(-c2nc(-c3ccc(Nc4ccc(-c5cccc(-c6ccccc6Nc6ccccc6)c5)cc4-c4ccccc4)cc3)nc3c2ccc2ccccc23)cc(C(F)(F)F)c1. The molecule has 10 aromatic rings. The molecule has 0 unspecified atom stereocenters. The second-order valence-corrected chi connectivity index (χ2v) is 15.8. The third-order valence-corrected chi connectivity index (χ3v) is 11.5. The first-order valence-electron chi connectivity index (χ1n) is 21.0. The molecule has 2 N–H and O–H groups in total. The minimum atomic E-state index is -5.03. The molecule has 0 aliphatic carbocycles. The number of alkyl halides is 6. The van der Waals surface area contributed by atoms with Crippen molar-refractivity contribution < 1.29 is 26.3 Å². The Labute approximate surface area is 375 Å². The minimum absolute atomic E-state index is 0.0502. The summed E-state index contributed by atoms with van der Waals surface area (Å²) in [5, 5.41) is 8.91. The Morgan fingerprint density at radius 1 is 0.348 bits per heavy atom. The first-order chi connectivity index (χ1) is 31.9. The van der Waals surface area contributed by atoms with Crippen molar-refractivity contribution in [1.29, 1.82) is 0 Å². The monoisotopic (exact) mass is 878 g/mol. The van der Waals surface area contributed by atoms with Crippen LogP contribution in [0, 0.1) is 0 Å². The van der Waals surface area contributed by atoms with Crippen molar-refractivity contribution in [2.24, 2.45) is 0 Å². The van der Waals surface area contributed by atoms with E-state index in [0.717, 1.165) is 61.5 Å². The van der Waals surface area contributed by atoms with Crippen LogP contribution in [0.15, 0.2) is 206 Å². The second kappa shape index (κ2) is 17.0. The molecule has 322 valence electrons. The van der Waals surface area contributed by atoms with Crippen LogP contribution in [-0.2, 0) is 12.4 Å². The first-order valence-corrected chi connectivity index (χ1v) is 21.0. The Hall–Kier alpha value is -8.24. The average Bonchev–Trinajstić information content (AvgIpc) is 3.34. The van der Waals surface area contributed by atoms with Gasteiger partial charge in [-0.1, -0.05) is 121 Å². The molecule has 0 bridgehead atoms. The summed E-state index contributed by atoms with van der Waals surface area (Å²) in [5.74, 6) is 0.140. The predicted molar refractivity (Wildman–Crippen MR) is 254 cm³/mol. The number of nitrogens with one attached hydrogen (secondary N) is 2. The number of anilines is 4. The van der Waals surface area contributed by atoms with Gasteiger partial charge in [0.2, 0.25) is 0 Å². The lowest BCUT2D eigenvalue weighted by Crippen LogP contribution is -2.11. The standard InChI is InChI=1S/C56H36F6N4/c57-55(58,59)42-31-41(32-43(34-42)56(60,61)62)52-48-28-24-36-14-7-8-20-47(36)53(48)66-54(65-52)37-22-26-45(27-23-37)64-51-29-25-39(33-49(51)35-12-3-1-4-13-35)38-15-11-16-40(30-38)46-19-9-10-21-50(46)63-44-17-5-2-6-18-44/h1-34,63-64H. The van der Waals surface area contributed by atoms with Gasteiger partial charge in [0.05, 0.1) is 22.3 Å². The van der Waals surface area contributed by atoms with E-state index < -0.39 is 23.5 Å². The van der Waals surface area contributed by atoms with Gasteiger partial charge in [-0.2, -0.15) is 26.3 Å². The lowest BCUT2D eigenvalue weighted by molar-refractivity contribution is -0.143.